The molecule has 1 saturated heterocycles. The second-order valence-corrected chi connectivity index (χ2v) is 10.6. The van der Waals surface area contributed by atoms with Gasteiger partial charge in [0.05, 0.1) is 17.0 Å². The summed E-state index contributed by atoms with van der Waals surface area (Å²) in [6.45, 7) is 4.25. The van der Waals surface area contributed by atoms with Gasteiger partial charge in [-0.1, -0.05) is 49.7 Å². The molecule has 1 aliphatic rings. The molecular formula is C26H31N3O2S2. The van der Waals surface area contributed by atoms with E-state index in [2.05, 4.69) is 25.1 Å². The maximum absolute atomic E-state index is 13.2. The highest BCUT2D eigenvalue weighted by atomic mass is 32.1. The van der Waals surface area contributed by atoms with Crippen LogP contribution in [0.5, 0.6) is 0 Å². The lowest BCUT2D eigenvalue weighted by atomic mass is 9.95. The van der Waals surface area contributed by atoms with E-state index in [0.29, 0.717) is 19.5 Å². The summed E-state index contributed by atoms with van der Waals surface area (Å²) in [5.74, 6) is 0.387. The van der Waals surface area contributed by atoms with Crippen molar-refractivity contribution in [2.75, 3.05) is 26.7 Å². The summed E-state index contributed by atoms with van der Waals surface area (Å²) in [4.78, 5) is 36.7. The standard InChI is InChI=1S/C26H31N3O2S2/c1-3-4-14-28(2)26(31)20-12-15-29(16-13-20)23(30)18-22-24(21-11-8-17-32-21)27-25(33-22)19-9-6-5-7-10-19/h5-11,17,20H,3-4,12-16,18H2,1-2H3. The van der Waals surface area contributed by atoms with Crippen LogP contribution in [-0.4, -0.2) is 53.3 Å². The third kappa shape index (κ3) is 5.71. The molecule has 0 bridgehead atoms. The Morgan fingerprint density at radius 3 is 2.55 bits per heavy atom. The molecule has 0 radical (unpaired) electrons. The molecule has 1 fully saturated rings. The number of likely N-dealkylation sites (tertiary alicyclic amines) is 1. The van der Waals surface area contributed by atoms with Gasteiger partial charge in [-0.25, -0.2) is 4.98 Å². The molecule has 1 aromatic carbocycles. The third-order valence-electron chi connectivity index (χ3n) is 6.20. The van der Waals surface area contributed by atoms with Crippen LogP contribution in [0, 0.1) is 5.92 Å². The highest BCUT2D eigenvalue weighted by Crippen LogP contribution is 2.36. The summed E-state index contributed by atoms with van der Waals surface area (Å²) in [6.07, 6.45) is 3.97. The lowest BCUT2D eigenvalue weighted by Gasteiger charge is -2.33. The number of thiazole rings is 1. The molecular weight excluding hydrogens is 450 g/mol. The van der Waals surface area contributed by atoms with Crippen molar-refractivity contribution < 1.29 is 9.59 Å². The van der Waals surface area contributed by atoms with E-state index in [4.69, 9.17) is 4.98 Å². The SMILES string of the molecule is CCCCN(C)C(=O)C1CCN(C(=O)Cc2sc(-c3ccccc3)nc2-c2cccs2)CC1. The van der Waals surface area contributed by atoms with Gasteiger partial charge in [-0.15, -0.1) is 22.7 Å². The van der Waals surface area contributed by atoms with Crippen molar-refractivity contribution in [3.8, 4) is 21.1 Å². The van der Waals surface area contributed by atoms with Gasteiger partial charge in [0.1, 0.15) is 5.01 Å². The second-order valence-electron chi connectivity index (χ2n) is 8.58. The molecule has 3 aromatic rings. The van der Waals surface area contributed by atoms with Crippen molar-refractivity contribution in [2.24, 2.45) is 5.92 Å². The number of benzene rings is 1. The maximum Gasteiger partial charge on any atom is 0.227 e. The zero-order valence-electron chi connectivity index (χ0n) is 19.3. The van der Waals surface area contributed by atoms with Crippen molar-refractivity contribution in [1.29, 1.82) is 0 Å². The summed E-state index contributed by atoms with van der Waals surface area (Å²) >= 11 is 3.26. The van der Waals surface area contributed by atoms with E-state index >= 15 is 0 Å². The molecule has 2 amide bonds. The quantitative estimate of drug-likeness (QED) is 0.422. The monoisotopic (exact) mass is 481 g/mol. The van der Waals surface area contributed by atoms with E-state index in [1.165, 1.54) is 0 Å². The number of amides is 2. The highest BCUT2D eigenvalue weighted by Gasteiger charge is 2.29. The van der Waals surface area contributed by atoms with Crippen LogP contribution >= 0.6 is 22.7 Å². The van der Waals surface area contributed by atoms with Gasteiger partial charge >= 0.3 is 0 Å². The first kappa shape index (κ1) is 23.6. The molecule has 3 heterocycles. The van der Waals surface area contributed by atoms with Gasteiger partial charge in [0.15, 0.2) is 0 Å². The number of rotatable bonds is 8. The predicted octanol–water partition coefficient (Wildman–Crippen LogP) is 5.58. The van der Waals surface area contributed by atoms with E-state index < -0.39 is 0 Å². The number of carbonyl (C=O) groups excluding carboxylic acids is 2. The minimum atomic E-state index is 0.0330. The fraction of sp³-hybridized carbons (Fsp3) is 0.423. The normalized spacial score (nSPS) is 14.4. The van der Waals surface area contributed by atoms with Crippen molar-refractivity contribution in [3.63, 3.8) is 0 Å². The third-order valence-corrected chi connectivity index (χ3v) is 8.19. The number of unbranched alkanes of at least 4 members (excludes halogenated alkanes) is 1. The second kappa shape index (κ2) is 11.1. The Hall–Kier alpha value is -2.51. The lowest BCUT2D eigenvalue weighted by molar-refractivity contribution is -0.139. The largest absolute Gasteiger partial charge is 0.346 e. The van der Waals surface area contributed by atoms with E-state index in [0.717, 1.165) is 58.2 Å². The minimum absolute atomic E-state index is 0.0330. The first-order valence-corrected chi connectivity index (χ1v) is 13.4. The van der Waals surface area contributed by atoms with Crippen LogP contribution in [0.1, 0.15) is 37.5 Å². The number of thiophene rings is 1. The van der Waals surface area contributed by atoms with Crippen LogP contribution in [0.4, 0.5) is 0 Å². The Labute approximate surface area is 204 Å². The summed E-state index contributed by atoms with van der Waals surface area (Å²) in [6, 6.07) is 14.2. The van der Waals surface area contributed by atoms with Crippen LogP contribution in [0.15, 0.2) is 47.8 Å². The van der Waals surface area contributed by atoms with Crippen LogP contribution in [-0.2, 0) is 16.0 Å². The molecule has 0 N–H and O–H groups in total. The molecule has 0 unspecified atom stereocenters. The molecule has 174 valence electrons. The minimum Gasteiger partial charge on any atom is -0.346 e. The molecule has 0 saturated carbocycles. The fourth-order valence-corrected chi connectivity index (χ4v) is 6.10. The summed E-state index contributed by atoms with van der Waals surface area (Å²) in [5, 5.41) is 2.99. The zero-order valence-corrected chi connectivity index (χ0v) is 21.0. The van der Waals surface area contributed by atoms with Crippen LogP contribution in [0.25, 0.3) is 21.1 Å². The van der Waals surface area contributed by atoms with Gasteiger partial charge in [-0.05, 0) is 30.7 Å². The number of hydrogen-bond acceptors (Lipinski definition) is 5. The van der Waals surface area contributed by atoms with E-state index in [9.17, 15) is 9.59 Å². The van der Waals surface area contributed by atoms with Crippen molar-refractivity contribution in [2.45, 2.75) is 39.0 Å². The first-order valence-electron chi connectivity index (χ1n) is 11.7. The lowest BCUT2D eigenvalue weighted by Crippen LogP contribution is -2.44. The average molecular weight is 482 g/mol. The summed E-state index contributed by atoms with van der Waals surface area (Å²) in [7, 11) is 1.90. The molecule has 4 rings (SSSR count). The number of aromatic nitrogens is 1. The van der Waals surface area contributed by atoms with E-state index in [1.807, 2.05) is 46.5 Å². The Bertz CT molecular complexity index is 1050. The van der Waals surface area contributed by atoms with Gasteiger partial charge in [-0.3, -0.25) is 9.59 Å². The van der Waals surface area contributed by atoms with Gasteiger partial charge in [0, 0.05) is 43.0 Å². The van der Waals surface area contributed by atoms with Gasteiger partial charge in [0.25, 0.3) is 0 Å². The van der Waals surface area contributed by atoms with Gasteiger partial charge in [-0.2, -0.15) is 0 Å². The molecule has 1 aliphatic heterocycles. The summed E-state index contributed by atoms with van der Waals surface area (Å²) < 4.78 is 0. The highest BCUT2D eigenvalue weighted by molar-refractivity contribution is 7.17. The molecule has 2 aromatic heterocycles. The van der Waals surface area contributed by atoms with Gasteiger partial charge < -0.3 is 9.80 Å². The molecule has 5 nitrogen and oxygen atoms in total. The van der Waals surface area contributed by atoms with Crippen molar-refractivity contribution in [1.82, 2.24) is 14.8 Å². The van der Waals surface area contributed by atoms with Crippen molar-refractivity contribution >= 4 is 34.5 Å². The van der Waals surface area contributed by atoms with Crippen molar-refractivity contribution in [3.05, 3.63) is 52.7 Å². The summed E-state index contributed by atoms with van der Waals surface area (Å²) in [5.41, 5.74) is 2.00. The Morgan fingerprint density at radius 2 is 1.88 bits per heavy atom. The number of nitrogens with zero attached hydrogens (tertiary/aromatic N) is 3. The van der Waals surface area contributed by atoms with Crippen LogP contribution < -0.4 is 0 Å². The smallest absolute Gasteiger partial charge is 0.227 e. The molecule has 0 aliphatic carbocycles. The Morgan fingerprint density at radius 1 is 1.12 bits per heavy atom. The molecule has 0 atom stereocenters. The number of hydrogen-bond donors (Lipinski definition) is 0. The maximum atomic E-state index is 13.2. The number of carbonyl (C=O) groups is 2. The van der Waals surface area contributed by atoms with Crippen LogP contribution in [0.3, 0.4) is 0 Å². The molecule has 33 heavy (non-hydrogen) atoms. The zero-order chi connectivity index (χ0) is 23.2. The first-order chi connectivity index (χ1) is 16.1. The topological polar surface area (TPSA) is 53.5 Å². The Kier molecular flexibility index (Phi) is 7.93. The number of piperidine rings is 1. The molecule has 7 heteroatoms. The van der Waals surface area contributed by atoms with E-state index in [-0.39, 0.29) is 17.7 Å². The average Bonchev–Trinajstić information content (AvgIpc) is 3.53. The van der Waals surface area contributed by atoms with E-state index in [1.54, 1.807) is 22.7 Å². The fourth-order valence-electron chi connectivity index (χ4n) is 4.22. The van der Waals surface area contributed by atoms with Gasteiger partial charge in [0.2, 0.25) is 11.8 Å². The Balaban J connectivity index is 1.43. The molecule has 0 spiro atoms. The predicted molar refractivity (Wildman–Crippen MR) is 136 cm³/mol. The van der Waals surface area contributed by atoms with Crippen LogP contribution in [0.2, 0.25) is 0 Å².